The van der Waals surface area contributed by atoms with Crippen molar-refractivity contribution in [1.82, 2.24) is 4.90 Å². The van der Waals surface area contributed by atoms with Crippen molar-refractivity contribution in [2.24, 2.45) is 0 Å². The Hall–Kier alpha value is -2.13. The van der Waals surface area contributed by atoms with Crippen LogP contribution in [0.1, 0.15) is 17.5 Å². The van der Waals surface area contributed by atoms with E-state index >= 15 is 0 Å². The van der Waals surface area contributed by atoms with E-state index in [1.165, 1.54) is 0 Å². The summed E-state index contributed by atoms with van der Waals surface area (Å²) in [6, 6.07) is 18.3. The number of amides is 1. The minimum absolute atomic E-state index is 0.235. The van der Waals surface area contributed by atoms with Crippen LogP contribution in [0.25, 0.3) is 0 Å². The summed E-state index contributed by atoms with van der Waals surface area (Å²) in [5.41, 5.74) is -0.366. The number of nitrogens with zero attached hydrogens (tertiary/aromatic N) is 1. The normalized spacial score (nSPS) is 14.8. The van der Waals surface area contributed by atoms with Crippen LogP contribution >= 0.6 is 0 Å². The molecule has 2 aromatic carbocycles. The molecule has 3 nitrogen and oxygen atoms in total. The molecule has 1 aliphatic heterocycles. The fourth-order valence-electron chi connectivity index (χ4n) is 2.52. The lowest BCUT2D eigenvalue weighted by molar-refractivity contribution is -0.151. The van der Waals surface area contributed by atoms with E-state index < -0.39 is 5.60 Å². The molecular formula is C17H17NO2. The minimum atomic E-state index is -1.59. The van der Waals surface area contributed by atoms with E-state index in [0.717, 1.165) is 19.5 Å². The molecule has 1 fully saturated rings. The summed E-state index contributed by atoms with van der Waals surface area (Å²) >= 11 is 0. The quantitative estimate of drug-likeness (QED) is 0.925. The molecule has 2 aromatic rings. The number of benzene rings is 2. The van der Waals surface area contributed by atoms with E-state index in [2.05, 4.69) is 0 Å². The molecule has 0 aromatic heterocycles. The smallest absolute Gasteiger partial charge is 0.263 e. The second-order valence-electron chi connectivity index (χ2n) is 5.09. The van der Waals surface area contributed by atoms with Crippen LogP contribution in [0.2, 0.25) is 0 Å². The molecule has 1 heterocycles. The van der Waals surface area contributed by atoms with Gasteiger partial charge in [0.1, 0.15) is 0 Å². The van der Waals surface area contributed by atoms with E-state index in [1.54, 1.807) is 29.2 Å². The molecule has 1 aliphatic rings. The van der Waals surface area contributed by atoms with E-state index in [1.807, 2.05) is 36.4 Å². The van der Waals surface area contributed by atoms with E-state index in [-0.39, 0.29) is 5.91 Å². The fraction of sp³-hybridized carbons (Fsp3) is 0.235. The summed E-state index contributed by atoms with van der Waals surface area (Å²) in [6.45, 7) is 1.45. The molecule has 0 saturated carbocycles. The lowest BCUT2D eigenvalue weighted by atomic mass is 9.84. The maximum Gasteiger partial charge on any atom is 0.263 e. The first-order chi connectivity index (χ1) is 9.73. The number of hydrogen-bond acceptors (Lipinski definition) is 2. The predicted molar refractivity (Wildman–Crippen MR) is 77.1 cm³/mol. The number of hydrogen-bond donors (Lipinski definition) is 1. The second-order valence-corrected chi connectivity index (χ2v) is 5.09. The van der Waals surface area contributed by atoms with Crippen LogP contribution in [-0.4, -0.2) is 29.0 Å². The first-order valence-corrected chi connectivity index (χ1v) is 6.86. The van der Waals surface area contributed by atoms with E-state index in [9.17, 15) is 9.90 Å². The number of likely N-dealkylation sites (tertiary alicyclic amines) is 1. The Labute approximate surface area is 118 Å². The SMILES string of the molecule is O=C(N1CCC1)C(O)(c1ccccc1)c1ccccc1. The van der Waals surface area contributed by atoms with E-state index in [4.69, 9.17) is 0 Å². The monoisotopic (exact) mass is 267 g/mol. The Kier molecular flexibility index (Phi) is 3.28. The highest BCUT2D eigenvalue weighted by Gasteiger charge is 2.43. The molecular weight excluding hydrogens is 250 g/mol. The van der Waals surface area contributed by atoms with Crippen molar-refractivity contribution < 1.29 is 9.90 Å². The van der Waals surface area contributed by atoms with Gasteiger partial charge in [-0.05, 0) is 17.5 Å². The summed E-state index contributed by atoms with van der Waals surface area (Å²) in [6.07, 6.45) is 1.01. The summed E-state index contributed by atoms with van der Waals surface area (Å²) < 4.78 is 0. The van der Waals surface area contributed by atoms with Gasteiger partial charge >= 0.3 is 0 Å². The average Bonchev–Trinajstić information content (AvgIpc) is 2.46. The Balaban J connectivity index is 2.10. The topological polar surface area (TPSA) is 40.5 Å². The van der Waals surface area contributed by atoms with Gasteiger partial charge in [-0.15, -0.1) is 0 Å². The predicted octanol–water partition coefficient (Wildman–Crippen LogP) is 2.15. The molecule has 20 heavy (non-hydrogen) atoms. The third-order valence-electron chi connectivity index (χ3n) is 3.84. The number of carbonyl (C=O) groups excluding carboxylic acids is 1. The van der Waals surface area contributed by atoms with Gasteiger partial charge in [0, 0.05) is 13.1 Å². The number of rotatable bonds is 3. The Morgan fingerprint density at radius 3 is 1.70 bits per heavy atom. The van der Waals surface area contributed by atoms with Crippen LogP contribution in [0.5, 0.6) is 0 Å². The van der Waals surface area contributed by atoms with Gasteiger partial charge in [0.2, 0.25) is 0 Å². The average molecular weight is 267 g/mol. The zero-order chi connectivity index (χ0) is 14.0. The van der Waals surface area contributed by atoms with Crippen LogP contribution in [-0.2, 0) is 10.4 Å². The maximum absolute atomic E-state index is 12.7. The van der Waals surface area contributed by atoms with Crippen LogP contribution in [0.4, 0.5) is 0 Å². The van der Waals surface area contributed by atoms with Crippen molar-refractivity contribution in [2.45, 2.75) is 12.0 Å². The molecule has 3 heteroatoms. The number of carbonyl (C=O) groups is 1. The minimum Gasteiger partial charge on any atom is -0.372 e. The largest absolute Gasteiger partial charge is 0.372 e. The van der Waals surface area contributed by atoms with Crippen LogP contribution < -0.4 is 0 Å². The van der Waals surface area contributed by atoms with Crippen molar-refractivity contribution in [3.63, 3.8) is 0 Å². The first-order valence-electron chi connectivity index (χ1n) is 6.86. The molecule has 3 rings (SSSR count). The summed E-state index contributed by atoms with van der Waals surface area (Å²) in [5, 5.41) is 11.2. The second kappa shape index (κ2) is 5.10. The third kappa shape index (κ3) is 2.00. The molecule has 102 valence electrons. The Morgan fingerprint density at radius 1 is 0.900 bits per heavy atom. The lowest BCUT2D eigenvalue weighted by Crippen LogP contribution is -2.52. The van der Waals surface area contributed by atoms with Crippen molar-refractivity contribution in [2.75, 3.05) is 13.1 Å². The molecule has 0 aliphatic carbocycles. The molecule has 0 atom stereocenters. The van der Waals surface area contributed by atoms with Gasteiger partial charge < -0.3 is 10.0 Å². The molecule has 1 N–H and O–H groups in total. The van der Waals surface area contributed by atoms with Gasteiger partial charge in [-0.1, -0.05) is 60.7 Å². The Morgan fingerprint density at radius 2 is 1.35 bits per heavy atom. The van der Waals surface area contributed by atoms with Crippen LogP contribution in [0.15, 0.2) is 60.7 Å². The highest BCUT2D eigenvalue weighted by Crippen LogP contribution is 2.32. The zero-order valence-corrected chi connectivity index (χ0v) is 11.2. The van der Waals surface area contributed by atoms with Crippen LogP contribution in [0, 0.1) is 0 Å². The lowest BCUT2D eigenvalue weighted by Gasteiger charge is -2.38. The molecule has 1 saturated heterocycles. The number of aliphatic hydroxyl groups is 1. The van der Waals surface area contributed by atoms with Gasteiger partial charge in [-0.25, -0.2) is 0 Å². The van der Waals surface area contributed by atoms with Gasteiger partial charge in [0.05, 0.1) is 0 Å². The molecule has 0 unspecified atom stereocenters. The zero-order valence-electron chi connectivity index (χ0n) is 11.2. The first kappa shape index (κ1) is 12.9. The standard InChI is InChI=1S/C17H17NO2/c19-16(18-12-7-13-18)17(20,14-8-3-1-4-9-14)15-10-5-2-6-11-15/h1-6,8-11,20H,7,12-13H2. The maximum atomic E-state index is 12.7. The molecule has 0 spiro atoms. The third-order valence-corrected chi connectivity index (χ3v) is 3.84. The molecule has 1 amide bonds. The molecule has 0 bridgehead atoms. The summed E-state index contributed by atoms with van der Waals surface area (Å²) in [7, 11) is 0. The van der Waals surface area contributed by atoms with Gasteiger partial charge in [-0.3, -0.25) is 4.79 Å². The van der Waals surface area contributed by atoms with Crippen molar-refractivity contribution in [3.05, 3.63) is 71.8 Å². The van der Waals surface area contributed by atoms with Crippen molar-refractivity contribution in [3.8, 4) is 0 Å². The van der Waals surface area contributed by atoms with E-state index in [0.29, 0.717) is 11.1 Å². The Bertz CT molecular complexity index is 551. The van der Waals surface area contributed by atoms with Crippen molar-refractivity contribution >= 4 is 5.91 Å². The molecule has 0 radical (unpaired) electrons. The highest BCUT2D eigenvalue weighted by molar-refractivity contribution is 5.90. The summed E-state index contributed by atoms with van der Waals surface area (Å²) in [5.74, 6) is -0.235. The van der Waals surface area contributed by atoms with Crippen molar-refractivity contribution in [1.29, 1.82) is 0 Å². The van der Waals surface area contributed by atoms with Crippen LogP contribution in [0.3, 0.4) is 0 Å². The fourth-order valence-corrected chi connectivity index (χ4v) is 2.52. The van der Waals surface area contributed by atoms with Gasteiger partial charge in [-0.2, -0.15) is 0 Å². The highest BCUT2D eigenvalue weighted by atomic mass is 16.3. The summed E-state index contributed by atoms with van der Waals surface area (Å²) in [4.78, 5) is 14.4. The van der Waals surface area contributed by atoms with Gasteiger partial charge in [0.25, 0.3) is 5.91 Å². The van der Waals surface area contributed by atoms with Gasteiger partial charge in [0.15, 0.2) is 5.60 Å².